The summed E-state index contributed by atoms with van der Waals surface area (Å²) in [5, 5.41) is 22.7. The number of nitrogens with one attached hydrogen (secondary N) is 1. The molecule has 1 amide bonds. The van der Waals surface area contributed by atoms with Gasteiger partial charge in [-0.2, -0.15) is 5.26 Å². The first-order valence-corrected chi connectivity index (χ1v) is 14.6. The first kappa shape index (κ1) is 27.2. The number of ketones is 1. The SMILES string of the molecule is Cc1cccc(C2C(C#N)=C(N)N(c3nnc(SCC(=O)Nc4ccc(Cl)cc4Cl)s3)C3=C2C(=O)CCC3)c1. The van der Waals surface area contributed by atoms with E-state index >= 15 is 0 Å². The normalized spacial score (nSPS) is 17.2. The number of Topliss-reactive ketones (excluding diaryl/α,β-unsaturated/α-hetero) is 1. The van der Waals surface area contributed by atoms with Crippen LogP contribution < -0.4 is 16.0 Å². The van der Waals surface area contributed by atoms with Gasteiger partial charge in [0.1, 0.15) is 5.82 Å². The standard InChI is InChI=1S/C27H22Cl2N6O2S2/c1-14-4-2-5-15(10-14)23-17(12-30)25(31)35(20-6-3-7-21(36)24(20)23)26-33-34-27(39-26)38-13-22(37)32-19-9-8-16(28)11-18(19)29/h2,4-5,8-11,23H,3,6-7,13,31H2,1H3,(H,32,37). The van der Waals surface area contributed by atoms with Gasteiger partial charge >= 0.3 is 0 Å². The molecular formula is C27H22Cl2N6O2S2. The number of halogens is 2. The lowest BCUT2D eigenvalue weighted by Gasteiger charge is -2.38. The van der Waals surface area contributed by atoms with Gasteiger partial charge in [-0.25, -0.2) is 0 Å². The first-order chi connectivity index (χ1) is 18.8. The van der Waals surface area contributed by atoms with Gasteiger partial charge in [0.15, 0.2) is 10.1 Å². The number of amides is 1. The molecule has 2 aliphatic rings. The zero-order valence-corrected chi connectivity index (χ0v) is 23.8. The van der Waals surface area contributed by atoms with E-state index in [4.69, 9.17) is 28.9 Å². The number of carbonyl (C=O) groups is 2. The summed E-state index contributed by atoms with van der Waals surface area (Å²) in [5.41, 5.74) is 10.6. The molecule has 2 aromatic carbocycles. The molecule has 3 N–H and O–H groups in total. The molecule has 0 spiro atoms. The van der Waals surface area contributed by atoms with E-state index in [0.717, 1.165) is 16.8 Å². The summed E-state index contributed by atoms with van der Waals surface area (Å²) in [6.45, 7) is 1.97. The Kier molecular flexibility index (Phi) is 7.96. The number of nitrogens with zero attached hydrogens (tertiary/aromatic N) is 4. The van der Waals surface area contributed by atoms with Crippen LogP contribution >= 0.6 is 46.3 Å². The van der Waals surface area contributed by atoms with Crippen LogP contribution in [0.4, 0.5) is 10.8 Å². The number of aromatic nitrogens is 2. The highest BCUT2D eigenvalue weighted by Gasteiger charge is 2.41. The van der Waals surface area contributed by atoms with Gasteiger partial charge in [-0.3, -0.25) is 14.5 Å². The molecular weight excluding hydrogens is 575 g/mol. The number of rotatable bonds is 6. The molecule has 1 unspecified atom stereocenters. The number of hydrogen-bond acceptors (Lipinski definition) is 9. The Balaban J connectivity index is 1.41. The first-order valence-electron chi connectivity index (χ1n) is 12.0. The molecule has 39 heavy (non-hydrogen) atoms. The Morgan fingerprint density at radius 1 is 1.26 bits per heavy atom. The summed E-state index contributed by atoms with van der Waals surface area (Å²) >= 11 is 14.5. The molecule has 8 nitrogen and oxygen atoms in total. The van der Waals surface area contributed by atoms with Crippen molar-refractivity contribution < 1.29 is 9.59 Å². The molecule has 0 bridgehead atoms. The minimum atomic E-state index is -0.529. The number of allylic oxidation sites excluding steroid dienone is 3. The number of carbonyl (C=O) groups excluding carboxylic acids is 2. The van der Waals surface area contributed by atoms with Gasteiger partial charge in [0, 0.05) is 22.7 Å². The van der Waals surface area contributed by atoms with Crippen LogP contribution in [-0.2, 0) is 9.59 Å². The second-order valence-electron chi connectivity index (χ2n) is 9.04. The van der Waals surface area contributed by atoms with E-state index in [2.05, 4.69) is 21.6 Å². The summed E-state index contributed by atoms with van der Waals surface area (Å²) in [5.74, 6) is -0.484. The lowest BCUT2D eigenvalue weighted by atomic mass is 9.75. The third kappa shape index (κ3) is 5.54. The maximum absolute atomic E-state index is 13.3. The second kappa shape index (κ2) is 11.4. The van der Waals surface area contributed by atoms with E-state index in [1.807, 2.05) is 31.2 Å². The van der Waals surface area contributed by atoms with E-state index in [1.165, 1.54) is 23.1 Å². The van der Waals surface area contributed by atoms with Gasteiger partial charge in [0.05, 0.1) is 34.0 Å². The van der Waals surface area contributed by atoms with Crippen molar-refractivity contribution in [2.45, 2.75) is 36.4 Å². The van der Waals surface area contributed by atoms with Crippen LogP contribution in [0, 0.1) is 18.3 Å². The Hall–Kier alpha value is -3.36. The fraction of sp³-hybridized carbons (Fsp3) is 0.222. The largest absolute Gasteiger partial charge is 0.384 e. The van der Waals surface area contributed by atoms with E-state index in [9.17, 15) is 14.9 Å². The average Bonchev–Trinajstić information content (AvgIpc) is 3.37. The van der Waals surface area contributed by atoms with Crippen molar-refractivity contribution in [2.75, 3.05) is 16.0 Å². The Morgan fingerprint density at radius 2 is 2.08 bits per heavy atom. The van der Waals surface area contributed by atoms with Crippen molar-refractivity contribution in [3.63, 3.8) is 0 Å². The van der Waals surface area contributed by atoms with Crippen LogP contribution in [0.3, 0.4) is 0 Å². The topological polar surface area (TPSA) is 125 Å². The van der Waals surface area contributed by atoms with Gasteiger partial charge < -0.3 is 11.1 Å². The number of thioether (sulfide) groups is 1. The smallest absolute Gasteiger partial charge is 0.234 e. The maximum Gasteiger partial charge on any atom is 0.234 e. The highest BCUT2D eigenvalue weighted by Crippen LogP contribution is 2.47. The van der Waals surface area contributed by atoms with Crippen LogP contribution in [0.15, 0.2) is 69.5 Å². The summed E-state index contributed by atoms with van der Waals surface area (Å²) < 4.78 is 0.541. The van der Waals surface area contributed by atoms with Crippen molar-refractivity contribution in [1.29, 1.82) is 5.26 Å². The van der Waals surface area contributed by atoms with E-state index in [-0.39, 0.29) is 23.3 Å². The molecule has 1 atom stereocenters. The van der Waals surface area contributed by atoms with Crippen LogP contribution in [0.5, 0.6) is 0 Å². The minimum Gasteiger partial charge on any atom is -0.384 e. The summed E-state index contributed by atoms with van der Waals surface area (Å²) in [6, 6.07) is 14.9. The Bertz CT molecular complexity index is 1590. The van der Waals surface area contributed by atoms with E-state index < -0.39 is 5.92 Å². The highest BCUT2D eigenvalue weighted by atomic mass is 35.5. The molecule has 0 fully saturated rings. The monoisotopic (exact) mass is 596 g/mol. The highest BCUT2D eigenvalue weighted by molar-refractivity contribution is 8.01. The molecule has 0 saturated heterocycles. The number of benzene rings is 2. The zero-order chi connectivity index (χ0) is 27.7. The molecule has 1 aromatic heterocycles. The molecule has 1 aliphatic carbocycles. The van der Waals surface area contributed by atoms with Gasteiger partial charge in [-0.05, 0) is 43.5 Å². The summed E-state index contributed by atoms with van der Waals surface area (Å²) in [6.07, 6.45) is 1.71. The van der Waals surface area contributed by atoms with Gasteiger partial charge in [-0.1, -0.05) is 76.1 Å². The lowest BCUT2D eigenvalue weighted by molar-refractivity contribution is -0.116. The quantitative estimate of drug-likeness (QED) is 0.323. The van der Waals surface area contributed by atoms with E-state index in [1.54, 1.807) is 23.1 Å². The summed E-state index contributed by atoms with van der Waals surface area (Å²) in [4.78, 5) is 27.4. The number of nitriles is 1. The number of aryl methyl sites for hydroxylation is 1. The molecule has 3 aromatic rings. The van der Waals surface area contributed by atoms with Crippen LogP contribution in [0.2, 0.25) is 10.0 Å². The average molecular weight is 598 g/mol. The van der Waals surface area contributed by atoms with Crippen molar-refractivity contribution in [3.05, 3.63) is 86.3 Å². The van der Waals surface area contributed by atoms with Crippen molar-refractivity contribution in [1.82, 2.24) is 10.2 Å². The van der Waals surface area contributed by atoms with Crippen LogP contribution in [0.25, 0.3) is 0 Å². The molecule has 12 heteroatoms. The maximum atomic E-state index is 13.3. The second-order valence-corrected chi connectivity index (χ2v) is 12.1. The molecule has 2 heterocycles. The fourth-order valence-corrected chi connectivity index (χ4v) is 6.88. The number of nitrogens with two attached hydrogens (primary N) is 1. The van der Waals surface area contributed by atoms with E-state index in [0.29, 0.717) is 55.6 Å². The third-order valence-electron chi connectivity index (χ3n) is 6.41. The minimum absolute atomic E-state index is 0.00431. The molecule has 5 rings (SSSR count). The van der Waals surface area contributed by atoms with Gasteiger partial charge in [0.2, 0.25) is 11.0 Å². The fourth-order valence-electron chi connectivity index (χ4n) is 4.74. The Labute approximate surface area is 243 Å². The number of hydrogen-bond donors (Lipinski definition) is 2. The van der Waals surface area contributed by atoms with Crippen molar-refractivity contribution in [3.8, 4) is 6.07 Å². The number of anilines is 2. The van der Waals surface area contributed by atoms with Gasteiger partial charge in [0.25, 0.3) is 0 Å². The van der Waals surface area contributed by atoms with Gasteiger partial charge in [-0.15, -0.1) is 10.2 Å². The lowest BCUT2D eigenvalue weighted by Crippen LogP contribution is -2.38. The predicted molar refractivity (Wildman–Crippen MR) is 155 cm³/mol. The summed E-state index contributed by atoms with van der Waals surface area (Å²) in [7, 11) is 0. The zero-order valence-electron chi connectivity index (χ0n) is 20.7. The molecule has 198 valence electrons. The Morgan fingerprint density at radius 3 is 2.82 bits per heavy atom. The van der Waals surface area contributed by atoms with Crippen LogP contribution in [-0.4, -0.2) is 27.6 Å². The third-order valence-corrected chi connectivity index (χ3v) is 9.00. The van der Waals surface area contributed by atoms with Crippen molar-refractivity contribution in [2.24, 2.45) is 5.73 Å². The van der Waals surface area contributed by atoms with Crippen molar-refractivity contribution >= 4 is 68.8 Å². The molecule has 0 radical (unpaired) electrons. The molecule has 1 aliphatic heterocycles. The molecule has 0 saturated carbocycles. The predicted octanol–water partition coefficient (Wildman–Crippen LogP) is 6.19. The van der Waals surface area contributed by atoms with Crippen LogP contribution in [0.1, 0.15) is 36.3 Å².